The molecule has 0 saturated carbocycles. The normalized spacial score (nSPS) is 13.1. The fraction of sp³-hybridized carbons (Fsp3) is 0.333. The number of amides is 1. The number of oxime groups is 1. The molecular formula is C12H15F2N3O2. The van der Waals surface area contributed by atoms with Crippen LogP contribution in [-0.2, 0) is 11.2 Å². The zero-order valence-electron chi connectivity index (χ0n) is 10.4. The number of rotatable bonds is 5. The van der Waals surface area contributed by atoms with E-state index in [2.05, 4.69) is 10.5 Å². The molecule has 1 aromatic rings. The molecule has 0 spiro atoms. The summed E-state index contributed by atoms with van der Waals surface area (Å²) in [6.07, 6.45) is -0.199. The fourth-order valence-electron chi connectivity index (χ4n) is 1.37. The first-order valence-corrected chi connectivity index (χ1v) is 5.62. The Bertz CT molecular complexity index is 492. The Kier molecular flexibility index (Phi) is 5.23. The summed E-state index contributed by atoms with van der Waals surface area (Å²) in [7, 11) is 0. The lowest BCUT2D eigenvalue weighted by Gasteiger charge is -2.11. The minimum absolute atomic E-state index is 0.00624. The third-order valence-corrected chi connectivity index (χ3v) is 2.59. The lowest BCUT2D eigenvalue weighted by atomic mass is 10.1. The second-order valence-electron chi connectivity index (χ2n) is 4.14. The van der Waals surface area contributed by atoms with Gasteiger partial charge in [-0.1, -0.05) is 18.1 Å². The monoisotopic (exact) mass is 271 g/mol. The number of halogens is 2. The molecule has 1 unspecified atom stereocenters. The Morgan fingerprint density at radius 3 is 2.79 bits per heavy atom. The van der Waals surface area contributed by atoms with Crippen LogP contribution in [0.15, 0.2) is 23.4 Å². The van der Waals surface area contributed by atoms with Crippen molar-refractivity contribution in [3.05, 3.63) is 35.4 Å². The highest BCUT2D eigenvalue weighted by molar-refractivity contribution is 5.83. The molecule has 1 rings (SSSR count). The molecule has 19 heavy (non-hydrogen) atoms. The van der Waals surface area contributed by atoms with Gasteiger partial charge in [-0.15, -0.1) is 0 Å². The number of hydrogen-bond donors (Lipinski definition) is 3. The Labute approximate surface area is 109 Å². The highest BCUT2D eigenvalue weighted by Crippen LogP contribution is 2.10. The first-order valence-electron chi connectivity index (χ1n) is 5.62. The number of nitrogens with two attached hydrogens (primary N) is 1. The molecule has 4 N–H and O–H groups in total. The summed E-state index contributed by atoms with van der Waals surface area (Å²) in [5, 5.41) is 13.8. The van der Waals surface area contributed by atoms with Gasteiger partial charge in [0.25, 0.3) is 0 Å². The topological polar surface area (TPSA) is 87.7 Å². The number of carbonyl (C=O) groups is 1. The van der Waals surface area contributed by atoms with Crippen molar-refractivity contribution in [1.29, 1.82) is 0 Å². The van der Waals surface area contributed by atoms with Gasteiger partial charge < -0.3 is 16.3 Å². The number of carbonyl (C=O) groups excluding carboxylic acids is 1. The molecule has 0 aromatic heterocycles. The Hall–Kier alpha value is -2.18. The van der Waals surface area contributed by atoms with E-state index in [1.165, 1.54) is 6.07 Å². The zero-order chi connectivity index (χ0) is 14.4. The molecule has 0 saturated heterocycles. The van der Waals surface area contributed by atoms with Gasteiger partial charge in [-0.25, -0.2) is 8.78 Å². The molecule has 0 aliphatic rings. The molecule has 7 heteroatoms. The summed E-state index contributed by atoms with van der Waals surface area (Å²) in [5.41, 5.74) is 5.45. The average molecular weight is 271 g/mol. The van der Waals surface area contributed by atoms with E-state index in [9.17, 15) is 13.6 Å². The second-order valence-corrected chi connectivity index (χ2v) is 4.14. The third-order valence-electron chi connectivity index (χ3n) is 2.59. The van der Waals surface area contributed by atoms with Crippen molar-refractivity contribution in [3.8, 4) is 0 Å². The Morgan fingerprint density at radius 2 is 2.21 bits per heavy atom. The molecule has 0 bridgehead atoms. The van der Waals surface area contributed by atoms with Gasteiger partial charge in [0.15, 0.2) is 0 Å². The summed E-state index contributed by atoms with van der Waals surface area (Å²) in [5.74, 6) is -2.23. The molecule has 0 aliphatic heterocycles. The van der Waals surface area contributed by atoms with E-state index < -0.39 is 17.5 Å². The molecule has 0 heterocycles. The molecule has 5 nitrogen and oxygen atoms in total. The second kappa shape index (κ2) is 6.67. The maximum absolute atomic E-state index is 13.3. The Balaban J connectivity index is 2.52. The highest BCUT2D eigenvalue weighted by atomic mass is 19.1. The molecule has 0 aliphatic carbocycles. The summed E-state index contributed by atoms with van der Waals surface area (Å²) in [4.78, 5) is 11.6. The van der Waals surface area contributed by atoms with Gasteiger partial charge in [-0.05, 0) is 11.6 Å². The standard InChI is InChI=1S/C12H15F2N3O2/c1-7(12(15)17-19)6-16-11(18)4-8-2-3-9(13)5-10(8)14/h2-3,5,7,19H,4,6H2,1H3,(H2,15,17)(H,16,18). The van der Waals surface area contributed by atoms with Crippen molar-refractivity contribution in [1.82, 2.24) is 5.32 Å². The van der Waals surface area contributed by atoms with E-state index in [4.69, 9.17) is 10.9 Å². The highest BCUT2D eigenvalue weighted by Gasteiger charge is 2.12. The van der Waals surface area contributed by atoms with E-state index in [1.54, 1.807) is 6.92 Å². The van der Waals surface area contributed by atoms with Crippen LogP contribution in [0.4, 0.5) is 8.78 Å². The Morgan fingerprint density at radius 1 is 1.53 bits per heavy atom. The van der Waals surface area contributed by atoms with Gasteiger partial charge in [-0.2, -0.15) is 0 Å². The van der Waals surface area contributed by atoms with Crippen molar-refractivity contribution in [2.24, 2.45) is 16.8 Å². The summed E-state index contributed by atoms with van der Waals surface area (Å²) < 4.78 is 26.0. The minimum Gasteiger partial charge on any atom is -0.409 e. The van der Waals surface area contributed by atoms with E-state index in [1.807, 2.05) is 0 Å². The third kappa shape index (κ3) is 4.53. The number of hydrogen-bond acceptors (Lipinski definition) is 3. The summed E-state index contributed by atoms with van der Waals surface area (Å²) in [6.45, 7) is 1.82. The van der Waals surface area contributed by atoms with Crippen LogP contribution in [0.2, 0.25) is 0 Å². The van der Waals surface area contributed by atoms with Crippen LogP contribution in [0.5, 0.6) is 0 Å². The van der Waals surface area contributed by atoms with Crippen LogP contribution < -0.4 is 11.1 Å². The lowest BCUT2D eigenvalue weighted by molar-refractivity contribution is -0.120. The number of nitrogens with one attached hydrogen (secondary N) is 1. The molecule has 1 aromatic carbocycles. The quantitative estimate of drug-likeness (QED) is 0.323. The van der Waals surface area contributed by atoms with Crippen LogP contribution in [0.3, 0.4) is 0 Å². The molecular weight excluding hydrogens is 256 g/mol. The van der Waals surface area contributed by atoms with Crippen molar-refractivity contribution in [3.63, 3.8) is 0 Å². The minimum atomic E-state index is -0.764. The van der Waals surface area contributed by atoms with Crippen LogP contribution in [0.25, 0.3) is 0 Å². The van der Waals surface area contributed by atoms with Gasteiger partial charge in [0, 0.05) is 18.5 Å². The molecule has 1 atom stereocenters. The van der Waals surface area contributed by atoms with E-state index in [0.29, 0.717) is 0 Å². The van der Waals surface area contributed by atoms with E-state index >= 15 is 0 Å². The van der Waals surface area contributed by atoms with Crippen molar-refractivity contribution in [2.75, 3.05) is 6.54 Å². The van der Waals surface area contributed by atoms with E-state index in [-0.39, 0.29) is 30.3 Å². The molecule has 104 valence electrons. The van der Waals surface area contributed by atoms with E-state index in [0.717, 1.165) is 12.1 Å². The molecule has 0 fully saturated rings. The van der Waals surface area contributed by atoms with Crippen molar-refractivity contribution < 1.29 is 18.8 Å². The van der Waals surface area contributed by atoms with Crippen molar-refractivity contribution >= 4 is 11.7 Å². The van der Waals surface area contributed by atoms with Gasteiger partial charge in [0.05, 0.1) is 6.42 Å². The SMILES string of the molecule is CC(CNC(=O)Cc1ccc(F)cc1F)C(N)=NO. The summed E-state index contributed by atoms with van der Waals surface area (Å²) in [6, 6.07) is 3.03. The number of amidine groups is 1. The predicted molar refractivity (Wildman–Crippen MR) is 65.6 cm³/mol. The van der Waals surface area contributed by atoms with Crippen molar-refractivity contribution in [2.45, 2.75) is 13.3 Å². The first kappa shape index (κ1) is 14.9. The number of nitrogens with zero attached hydrogens (tertiary/aromatic N) is 1. The first-order chi connectivity index (χ1) is 8.93. The number of benzene rings is 1. The summed E-state index contributed by atoms with van der Waals surface area (Å²) >= 11 is 0. The average Bonchev–Trinajstić information content (AvgIpc) is 2.38. The fourth-order valence-corrected chi connectivity index (χ4v) is 1.37. The van der Waals surface area contributed by atoms with Crippen LogP contribution in [0.1, 0.15) is 12.5 Å². The lowest BCUT2D eigenvalue weighted by Crippen LogP contribution is -2.35. The predicted octanol–water partition coefficient (Wildman–Crippen LogP) is 1.01. The van der Waals surface area contributed by atoms with Gasteiger partial charge in [-0.3, -0.25) is 4.79 Å². The van der Waals surface area contributed by atoms with Gasteiger partial charge in [0.2, 0.25) is 5.91 Å². The van der Waals surface area contributed by atoms with Gasteiger partial charge in [0.1, 0.15) is 17.5 Å². The largest absolute Gasteiger partial charge is 0.409 e. The van der Waals surface area contributed by atoms with Crippen LogP contribution in [-0.4, -0.2) is 23.5 Å². The zero-order valence-corrected chi connectivity index (χ0v) is 10.4. The maximum Gasteiger partial charge on any atom is 0.224 e. The molecule has 1 amide bonds. The molecule has 0 radical (unpaired) electrons. The van der Waals surface area contributed by atoms with Crippen LogP contribution >= 0.6 is 0 Å². The maximum atomic E-state index is 13.3. The van der Waals surface area contributed by atoms with Gasteiger partial charge >= 0.3 is 0 Å². The smallest absolute Gasteiger partial charge is 0.224 e. The van der Waals surface area contributed by atoms with Crippen LogP contribution in [0, 0.1) is 17.6 Å².